The van der Waals surface area contributed by atoms with E-state index in [1.165, 1.54) is 5.56 Å². The quantitative estimate of drug-likeness (QED) is 0.841. The van der Waals surface area contributed by atoms with Crippen LogP contribution in [0.25, 0.3) is 0 Å². The Bertz CT molecular complexity index is 457. The molecule has 0 aliphatic rings. The molecule has 2 aromatic rings. The van der Waals surface area contributed by atoms with Crippen LogP contribution in [0.15, 0.2) is 54.6 Å². The van der Waals surface area contributed by atoms with Crippen molar-refractivity contribution in [3.05, 3.63) is 71.3 Å². The van der Waals surface area contributed by atoms with E-state index in [4.69, 9.17) is 0 Å². The highest BCUT2D eigenvalue weighted by molar-refractivity contribution is 5.32. The second-order valence-corrected chi connectivity index (χ2v) is 4.63. The van der Waals surface area contributed by atoms with Gasteiger partial charge in [-0.05, 0) is 22.6 Å². The van der Waals surface area contributed by atoms with Crippen LogP contribution in [0.3, 0.4) is 0 Å². The largest absolute Gasteiger partial charge is 0.384 e. The van der Waals surface area contributed by atoms with E-state index in [2.05, 4.69) is 26.0 Å². The van der Waals surface area contributed by atoms with Crippen LogP contribution < -0.4 is 0 Å². The fourth-order valence-corrected chi connectivity index (χ4v) is 1.89. The number of hydrogen-bond acceptors (Lipinski definition) is 1. The standard InChI is InChI=1S/C16H18O/c1-12(2)13-8-10-15(11-9-13)16(17)14-6-4-3-5-7-14/h3-12,16-17H,1-2H3/t16-/m1/s1. The van der Waals surface area contributed by atoms with E-state index in [0.717, 1.165) is 11.1 Å². The van der Waals surface area contributed by atoms with E-state index in [9.17, 15) is 5.11 Å². The number of benzene rings is 2. The third kappa shape index (κ3) is 2.75. The summed E-state index contributed by atoms with van der Waals surface area (Å²) in [4.78, 5) is 0. The summed E-state index contributed by atoms with van der Waals surface area (Å²) in [6.07, 6.45) is -0.530. The lowest BCUT2D eigenvalue weighted by molar-refractivity contribution is 0.220. The van der Waals surface area contributed by atoms with Crippen molar-refractivity contribution >= 4 is 0 Å². The zero-order chi connectivity index (χ0) is 12.3. The number of aliphatic hydroxyl groups is 1. The summed E-state index contributed by atoms with van der Waals surface area (Å²) in [5.41, 5.74) is 3.18. The molecule has 0 spiro atoms. The molecule has 0 bridgehead atoms. The summed E-state index contributed by atoms with van der Waals surface area (Å²) in [7, 11) is 0. The maximum absolute atomic E-state index is 10.2. The SMILES string of the molecule is CC(C)c1ccc([C@H](O)c2ccccc2)cc1. The van der Waals surface area contributed by atoms with Crippen LogP contribution >= 0.6 is 0 Å². The van der Waals surface area contributed by atoms with Crippen molar-refractivity contribution < 1.29 is 5.11 Å². The first kappa shape index (κ1) is 11.9. The summed E-state index contributed by atoms with van der Waals surface area (Å²) in [6.45, 7) is 4.34. The van der Waals surface area contributed by atoms with Crippen LogP contribution in [0, 0.1) is 0 Å². The zero-order valence-corrected chi connectivity index (χ0v) is 10.3. The van der Waals surface area contributed by atoms with Gasteiger partial charge in [-0.25, -0.2) is 0 Å². The predicted molar refractivity (Wildman–Crippen MR) is 71.0 cm³/mol. The number of rotatable bonds is 3. The van der Waals surface area contributed by atoms with Gasteiger partial charge in [-0.1, -0.05) is 68.4 Å². The minimum absolute atomic E-state index is 0.526. The van der Waals surface area contributed by atoms with Gasteiger partial charge in [0.25, 0.3) is 0 Å². The van der Waals surface area contributed by atoms with E-state index in [1.54, 1.807) is 0 Å². The Labute approximate surface area is 103 Å². The molecule has 0 amide bonds. The van der Waals surface area contributed by atoms with Gasteiger partial charge in [0.15, 0.2) is 0 Å². The molecule has 0 saturated heterocycles. The van der Waals surface area contributed by atoms with Crippen LogP contribution in [0.4, 0.5) is 0 Å². The van der Waals surface area contributed by atoms with Gasteiger partial charge >= 0.3 is 0 Å². The summed E-state index contributed by atoms with van der Waals surface area (Å²) in [5, 5.41) is 10.2. The van der Waals surface area contributed by atoms with Crippen molar-refractivity contribution in [2.24, 2.45) is 0 Å². The number of hydrogen-bond donors (Lipinski definition) is 1. The van der Waals surface area contributed by atoms with Crippen LogP contribution in [0.5, 0.6) is 0 Å². The van der Waals surface area contributed by atoms with Crippen LogP contribution in [0.1, 0.15) is 42.6 Å². The molecule has 88 valence electrons. The second kappa shape index (κ2) is 5.15. The molecule has 2 rings (SSSR count). The molecule has 1 nitrogen and oxygen atoms in total. The first-order chi connectivity index (χ1) is 8.18. The van der Waals surface area contributed by atoms with Gasteiger partial charge in [0.1, 0.15) is 6.10 Å². The van der Waals surface area contributed by atoms with Crippen molar-refractivity contribution in [3.8, 4) is 0 Å². The van der Waals surface area contributed by atoms with Gasteiger partial charge < -0.3 is 5.11 Å². The molecule has 0 aromatic heterocycles. The Morgan fingerprint density at radius 1 is 0.706 bits per heavy atom. The Hall–Kier alpha value is -1.60. The molecule has 0 radical (unpaired) electrons. The number of aliphatic hydroxyl groups excluding tert-OH is 1. The highest BCUT2D eigenvalue weighted by Gasteiger charge is 2.09. The maximum atomic E-state index is 10.2. The topological polar surface area (TPSA) is 20.2 Å². The van der Waals surface area contributed by atoms with E-state index < -0.39 is 6.10 Å². The summed E-state index contributed by atoms with van der Waals surface area (Å²) < 4.78 is 0. The molecule has 0 saturated carbocycles. The van der Waals surface area contributed by atoms with Crippen molar-refractivity contribution in [1.82, 2.24) is 0 Å². The lowest BCUT2D eigenvalue weighted by Gasteiger charge is -2.13. The highest BCUT2D eigenvalue weighted by atomic mass is 16.3. The van der Waals surface area contributed by atoms with Gasteiger partial charge in [0.2, 0.25) is 0 Å². The molecule has 1 atom stereocenters. The fraction of sp³-hybridized carbons (Fsp3) is 0.250. The predicted octanol–water partition coefficient (Wildman–Crippen LogP) is 3.89. The average Bonchev–Trinajstić information content (AvgIpc) is 2.39. The average molecular weight is 226 g/mol. The first-order valence-corrected chi connectivity index (χ1v) is 6.01. The van der Waals surface area contributed by atoms with E-state index in [0.29, 0.717) is 5.92 Å². The van der Waals surface area contributed by atoms with Gasteiger partial charge in [-0.3, -0.25) is 0 Å². The van der Waals surface area contributed by atoms with Crippen molar-refractivity contribution in [2.75, 3.05) is 0 Å². The van der Waals surface area contributed by atoms with E-state index in [1.807, 2.05) is 42.5 Å². The van der Waals surface area contributed by atoms with E-state index >= 15 is 0 Å². The Balaban J connectivity index is 2.23. The monoisotopic (exact) mass is 226 g/mol. The highest BCUT2D eigenvalue weighted by Crippen LogP contribution is 2.23. The molecule has 0 fully saturated rings. The Kier molecular flexibility index (Phi) is 3.60. The molecule has 0 aliphatic heterocycles. The molecule has 0 aliphatic carbocycles. The summed E-state index contributed by atoms with van der Waals surface area (Å²) in [6, 6.07) is 17.9. The van der Waals surface area contributed by atoms with Gasteiger partial charge in [-0.2, -0.15) is 0 Å². The minimum Gasteiger partial charge on any atom is -0.384 e. The maximum Gasteiger partial charge on any atom is 0.104 e. The smallest absolute Gasteiger partial charge is 0.104 e. The van der Waals surface area contributed by atoms with Gasteiger partial charge in [0, 0.05) is 0 Å². The molecular formula is C16H18O. The summed E-state index contributed by atoms with van der Waals surface area (Å²) in [5.74, 6) is 0.526. The lowest BCUT2D eigenvalue weighted by Crippen LogP contribution is -1.99. The van der Waals surface area contributed by atoms with E-state index in [-0.39, 0.29) is 0 Å². The molecular weight excluding hydrogens is 208 g/mol. The second-order valence-electron chi connectivity index (χ2n) is 4.63. The fourth-order valence-electron chi connectivity index (χ4n) is 1.89. The summed E-state index contributed by atoms with van der Waals surface area (Å²) >= 11 is 0. The molecule has 17 heavy (non-hydrogen) atoms. The molecule has 0 heterocycles. The van der Waals surface area contributed by atoms with Crippen molar-refractivity contribution in [2.45, 2.75) is 25.9 Å². The van der Waals surface area contributed by atoms with Crippen molar-refractivity contribution in [1.29, 1.82) is 0 Å². The molecule has 0 unspecified atom stereocenters. The van der Waals surface area contributed by atoms with Crippen LogP contribution in [-0.4, -0.2) is 5.11 Å². The van der Waals surface area contributed by atoms with Gasteiger partial charge in [0.05, 0.1) is 0 Å². The van der Waals surface area contributed by atoms with Gasteiger partial charge in [-0.15, -0.1) is 0 Å². The van der Waals surface area contributed by atoms with Crippen molar-refractivity contribution in [3.63, 3.8) is 0 Å². The zero-order valence-electron chi connectivity index (χ0n) is 10.3. The normalized spacial score (nSPS) is 12.7. The molecule has 1 heteroatoms. The van der Waals surface area contributed by atoms with Crippen LogP contribution in [0.2, 0.25) is 0 Å². The third-order valence-electron chi connectivity index (χ3n) is 3.03. The Morgan fingerprint density at radius 3 is 1.71 bits per heavy atom. The Morgan fingerprint density at radius 2 is 1.18 bits per heavy atom. The molecule has 2 aromatic carbocycles. The third-order valence-corrected chi connectivity index (χ3v) is 3.03. The van der Waals surface area contributed by atoms with Crippen LogP contribution in [-0.2, 0) is 0 Å². The first-order valence-electron chi connectivity index (χ1n) is 6.01. The lowest BCUT2D eigenvalue weighted by atomic mass is 9.97. The minimum atomic E-state index is -0.530. The molecule has 1 N–H and O–H groups in total.